The summed E-state index contributed by atoms with van der Waals surface area (Å²) in [5.41, 5.74) is 1.44. The van der Waals surface area contributed by atoms with Gasteiger partial charge in [0.2, 0.25) is 0 Å². The van der Waals surface area contributed by atoms with E-state index in [1.807, 2.05) is 0 Å². The third-order valence-electron chi connectivity index (χ3n) is 2.44. The van der Waals surface area contributed by atoms with Crippen LogP contribution in [-0.2, 0) is 0 Å². The lowest BCUT2D eigenvalue weighted by Crippen LogP contribution is -1.68. The molecule has 0 aliphatic heterocycles. The van der Waals surface area contributed by atoms with E-state index < -0.39 is 0 Å². The number of rotatable bonds is 1. The van der Waals surface area contributed by atoms with Crippen LogP contribution in [0.25, 0.3) is 5.30 Å². The quantitative estimate of drug-likeness (QED) is 0.626. The van der Waals surface area contributed by atoms with Crippen molar-refractivity contribution in [2.24, 2.45) is 0 Å². The molecule has 1 heterocycles. The summed E-state index contributed by atoms with van der Waals surface area (Å²) in [7, 11) is -0.142. The molecule has 1 aromatic heterocycles. The van der Waals surface area contributed by atoms with Crippen molar-refractivity contribution in [1.29, 1.82) is 0 Å². The summed E-state index contributed by atoms with van der Waals surface area (Å²) in [5.74, 6) is 2.34. The molecule has 66 valence electrons. The van der Waals surface area contributed by atoms with Crippen LogP contribution in [0.5, 0.6) is 0 Å². The molecule has 0 saturated carbocycles. The maximum Gasteiger partial charge on any atom is -0.00194 e. The van der Waals surface area contributed by atoms with Crippen molar-refractivity contribution < 1.29 is 0 Å². The van der Waals surface area contributed by atoms with Crippen LogP contribution in [0.4, 0.5) is 0 Å². The predicted molar refractivity (Wildman–Crippen MR) is 60.0 cm³/mol. The van der Waals surface area contributed by atoms with Crippen molar-refractivity contribution in [3.63, 3.8) is 0 Å². The maximum absolute atomic E-state index is 2.34. The summed E-state index contributed by atoms with van der Waals surface area (Å²) >= 11 is 0. The molecule has 0 amide bonds. The molecule has 1 aromatic carbocycles. The van der Waals surface area contributed by atoms with E-state index in [1.165, 1.54) is 10.9 Å². The Hall–Kier alpha value is -1.00. The van der Waals surface area contributed by atoms with Gasteiger partial charge < -0.3 is 0 Å². The molecule has 13 heavy (non-hydrogen) atoms. The van der Waals surface area contributed by atoms with Gasteiger partial charge in [-0.15, -0.1) is 0 Å². The van der Waals surface area contributed by atoms with E-state index in [4.69, 9.17) is 0 Å². The van der Waals surface area contributed by atoms with Gasteiger partial charge in [0, 0.05) is 0 Å². The Morgan fingerprint density at radius 3 is 2.15 bits per heavy atom. The van der Waals surface area contributed by atoms with Gasteiger partial charge in [-0.25, -0.2) is 0 Å². The molecule has 0 spiro atoms. The van der Waals surface area contributed by atoms with Crippen LogP contribution in [0.3, 0.4) is 0 Å². The Balaban J connectivity index is 2.53. The molecule has 1 atom stereocenters. The minimum Gasteiger partial charge on any atom is -0.0901 e. The zero-order valence-corrected chi connectivity index (χ0v) is 8.88. The van der Waals surface area contributed by atoms with Gasteiger partial charge >= 0.3 is 0 Å². The highest BCUT2D eigenvalue weighted by Crippen LogP contribution is 2.44. The van der Waals surface area contributed by atoms with Crippen LogP contribution >= 0.6 is 7.53 Å². The molecule has 0 bridgehead atoms. The average molecular weight is 188 g/mol. The second kappa shape index (κ2) is 3.40. The van der Waals surface area contributed by atoms with Gasteiger partial charge in [-0.2, -0.15) is 0 Å². The van der Waals surface area contributed by atoms with Gasteiger partial charge in [0.05, 0.1) is 0 Å². The fraction of sp³-hybridized carbons (Fsp3) is 0.167. The van der Waals surface area contributed by atoms with Crippen LogP contribution < -0.4 is 0 Å². The Morgan fingerprint density at radius 1 is 0.923 bits per heavy atom. The second-order valence-corrected chi connectivity index (χ2v) is 5.52. The molecule has 0 nitrogen and oxygen atoms in total. The topological polar surface area (TPSA) is 0 Å². The molecule has 1 unspecified atom stereocenters. The Bertz CT molecular complexity index is 398. The second-order valence-electron chi connectivity index (χ2n) is 3.29. The van der Waals surface area contributed by atoms with Crippen LogP contribution in [0.2, 0.25) is 0 Å². The third-order valence-corrected chi connectivity index (χ3v) is 4.82. The number of benzene rings is 1. The lowest BCUT2D eigenvalue weighted by molar-refractivity contribution is 1.44. The third kappa shape index (κ3) is 1.55. The molecule has 2 rings (SSSR count). The molecule has 0 N–H and O–H groups in total. The Morgan fingerprint density at radius 2 is 1.62 bits per heavy atom. The molecular formula is C12H13P. The summed E-state index contributed by atoms with van der Waals surface area (Å²) < 4.78 is 0. The molecule has 2 aromatic rings. The van der Waals surface area contributed by atoms with Crippen molar-refractivity contribution in [2.75, 3.05) is 0 Å². The van der Waals surface area contributed by atoms with E-state index in [0.29, 0.717) is 0 Å². The monoisotopic (exact) mass is 188 g/mol. The van der Waals surface area contributed by atoms with Crippen molar-refractivity contribution in [3.05, 3.63) is 53.1 Å². The summed E-state index contributed by atoms with van der Waals surface area (Å²) in [6, 6.07) is 13.0. The van der Waals surface area contributed by atoms with E-state index in [1.54, 1.807) is 5.30 Å². The van der Waals surface area contributed by atoms with Gasteiger partial charge in [0.1, 0.15) is 0 Å². The minimum absolute atomic E-state index is 0.142. The first-order chi connectivity index (χ1) is 6.29. The molecule has 0 fully saturated rings. The Kier molecular flexibility index (Phi) is 2.24. The van der Waals surface area contributed by atoms with Gasteiger partial charge in [-0.1, -0.05) is 43.9 Å². The standard InChI is InChI=1S/C12H13P/c1-10-8-9-13(11(10)2)12-6-4-3-5-7-12/h3-9H,1-2H3. The normalized spacial score (nSPS) is 11.7. The van der Waals surface area contributed by atoms with Gasteiger partial charge in [-0.05, 0) is 35.8 Å². The fourth-order valence-corrected chi connectivity index (χ4v) is 3.58. The number of aryl methyl sites for hydroxylation is 1. The highest BCUT2D eigenvalue weighted by Gasteiger charge is 2.02. The lowest BCUT2D eigenvalue weighted by atomic mass is 10.3. The van der Waals surface area contributed by atoms with Crippen molar-refractivity contribution in [2.45, 2.75) is 13.8 Å². The van der Waals surface area contributed by atoms with Gasteiger partial charge in [0.15, 0.2) is 0 Å². The van der Waals surface area contributed by atoms with Gasteiger partial charge in [-0.3, -0.25) is 0 Å². The number of hydrogen-bond acceptors (Lipinski definition) is 0. The van der Waals surface area contributed by atoms with Crippen LogP contribution in [0.1, 0.15) is 10.9 Å². The molecule has 0 aliphatic rings. The fourth-order valence-electron chi connectivity index (χ4n) is 1.48. The predicted octanol–water partition coefficient (Wildman–Crippen LogP) is 4.28. The molecular weight excluding hydrogens is 175 g/mol. The maximum atomic E-state index is 2.34. The van der Waals surface area contributed by atoms with E-state index in [2.05, 4.69) is 56.0 Å². The molecule has 0 saturated heterocycles. The van der Waals surface area contributed by atoms with Crippen LogP contribution in [-0.4, -0.2) is 0 Å². The SMILES string of the molecule is Cc1ccp(-c2ccccc2)c1C. The zero-order valence-electron chi connectivity index (χ0n) is 7.99. The zero-order chi connectivity index (χ0) is 9.26. The first-order valence-electron chi connectivity index (χ1n) is 4.49. The largest absolute Gasteiger partial charge is 0.0901 e. The first kappa shape index (κ1) is 8.59. The van der Waals surface area contributed by atoms with Crippen LogP contribution in [0, 0.1) is 13.8 Å². The summed E-state index contributed by atoms with van der Waals surface area (Å²) in [5, 5.41) is 3.00. The summed E-state index contributed by atoms with van der Waals surface area (Å²) in [6.07, 6.45) is 0. The molecule has 0 radical (unpaired) electrons. The minimum atomic E-state index is -0.142. The highest BCUT2D eigenvalue weighted by atomic mass is 31.1. The molecule has 1 heteroatoms. The van der Waals surface area contributed by atoms with E-state index in [0.717, 1.165) is 0 Å². The van der Waals surface area contributed by atoms with Crippen LogP contribution in [0.15, 0.2) is 42.2 Å². The first-order valence-corrected chi connectivity index (χ1v) is 5.90. The van der Waals surface area contributed by atoms with Gasteiger partial charge in [0.25, 0.3) is 0 Å². The Labute approximate surface area is 80.3 Å². The van der Waals surface area contributed by atoms with E-state index in [9.17, 15) is 0 Å². The number of hydrogen-bond donors (Lipinski definition) is 0. The lowest BCUT2D eigenvalue weighted by Gasteiger charge is -2.01. The van der Waals surface area contributed by atoms with Crippen molar-refractivity contribution in [3.8, 4) is 5.30 Å². The molecule has 0 aliphatic carbocycles. The summed E-state index contributed by atoms with van der Waals surface area (Å²) in [6.45, 7) is 4.44. The van der Waals surface area contributed by atoms with Crippen molar-refractivity contribution >= 4 is 7.53 Å². The van der Waals surface area contributed by atoms with E-state index in [-0.39, 0.29) is 7.53 Å². The summed E-state index contributed by atoms with van der Waals surface area (Å²) in [4.78, 5) is 0. The van der Waals surface area contributed by atoms with Crippen molar-refractivity contribution in [1.82, 2.24) is 0 Å². The highest BCUT2D eigenvalue weighted by molar-refractivity contribution is 7.57. The average Bonchev–Trinajstić information content (AvgIpc) is 2.49. The smallest absolute Gasteiger partial charge is 0.00194 e. The van der Waals surface area contributed by atoms with E-state index >= 15 is 0 Å².